The molecule has 2 nitrogen and oxygen atoms in total. The number of rotatable bonds is 5. The molecule has 0 saturated carbocycles. The van der Waals surface area contributed by atoms with Crippen LogP contribution in [0.1, 0.15) is 26.7 Å². The fourth-order valence-electron chi connectivity index (χ4n) is 1.10. The summed E-state index contributed by atoms with van der Waals surface area (Å²) in [4.78, 5) is 0. The average molecular weight is 194 g/mol. The van der Waals surface area contributed by atoms with Crippen LogP contribution in [0.4, 0.5) is 0 Å². The molecule has 1 atom stereocenters. The maximum atomic E-state index is 5.28. The topological polar surface area (TPSA) is 18.5 Å². The summed E-state index contributed by atoms with van der Waals surface area (Å²) in [6, 6.07) is 0. The van der Waals surface area contributed by atoms with Crippen molar-refractivity contribution in [3.8, 4) is 0 Å². The first-order chi connectivity index (χ1) is 5.10. The number of hydrogen-bond donors (Lipinski definition) is 1. The Kier molecular flexibility index (Phi) is 5.42. The Morgan fingerprint density at radius 1 is 1.36 bits per heavy atom. The Bertz CT molecular complexity index is 107. The predicted octanol–water partition coefficient (Wildman–Crippen LogP) is 2.34. The summed E-state index contributed by atoms with van der Waals surface area (Å²) in [6.45, 7) is 4.29. The highest BCUT2D eigenvalue weighted by molar-refractivity contribution is 8.12. The summed E-state index contributed by atoms with van der Waals surface area (Å²) >= 11 is 4.44. The molecule has 0 aliphatic rings. The fraction of sp³-hybridized carbons (Fsp3) is 1.00. The third-order valence-electron chi connectivity index (χ3n) is 1.93. The Balaban J connectivity index is 4.00. The Labute approximate surface area is 75.6 Å². The second-order valence-electron chi connectivity index (χ2n) is 2.73. The van der Waals surface area contributed by atoms with Gasteiger partial charge in [-0.15, -0.1) is 12.1 Å². The molecule has 0 aliphatic heterocycles. The van der Waals surface area contributed by atoms with Crippen LogP contribution in [0.5, 0.6) is 0 Å². The molecule has 0 bridgehead atoms. The maximum absolute atomic E-state index is 5.28. The summed E-state index contributed by atoms with van der Waals surface area (Å²) < 4.78 is 10.6. The summed E-state index contributed by atoms with van der Waals surface area (Å²) in [5.41, 5.74) is 0.450. The molecule has 0 radical (unpaired) electrons. The Morgan fingerprint density at radius 3 is 2.09 bits per heavy atom. The van der Waals surface area contributed by atoms with Crippen LogP contribution in [0.2, 0.25) is 5.54 Å². The molecular weight excluding hydrogens is 176 g/mol. The molecule has 0 fully saturated rings. The van der Waals surface area contributed by atoms with Crippen LogP contribution in [0.25, 0.3) is 0 Å². The summed E-state index contributed by atoms with van der Waals surface area (Å²) in [5.74, 6) is 0. The lowest BCUT2D eigenvalue weighted by Crippen LogP contribution is -2.38. The van der Waals surface area contributed by atoms with Gasteiger partial charge < -0.3 is 8.85 Å². The highest BCUT2D eigenvalue weighted by Crippen LogP contribution is 2.29. The third-order valence-corrected chi connectivity index (χ3v) is 7.05. The van der Waals surface area contributed by atoms with Gasteiger partial charge in [-0.2, -0.15) is 0 Å². The van der Waals surface area contributed by atoms with E-state index in [1.54, 1.807) is 14.2 Å². The van der Waals surface area contributed by atoms with Crippen molar-refractivity contribution >= 4 is 19.8 Å². The van der Waals surface area contributed by atoms with E-state index < -0.39 is 7.71 Å². The zero-order valence-corrected chi connectivity index (χ0v) is 9.65. The van der Waals surface area contributed by atoms with Gasteiger partial charge in [0.05, 0.1) is 0 Å². The van der Waals surface area contributed by atoms with E-state index in [0.29, 0.717) is 5.54 Å². The van der Waals surface area contributed by atoms with Gasteiger partial charge in [-0.1, -0.05) is 20.3 Å². The molecular formula is C7H18O2SSi. The van der Waals surface area contributed by atoms with Crippen LogP contribution in [-0.2, 0) is 8.85 Å². The lowest BCUT2D eigenvalue weighted by Gasteiger charge is -2.27. The average Bonchev–Trinajstić information content (AvgIpc) is 2.03. The zero-order valence-electron chi connectivity index (χ0n) is 7.76. The highest BCUT2D eigenvalue weighted by Gasteiger charge is 2.37. The monoisotopic (exact) mass is 194 g/mol. The standard InChI is InChI=1S/C7H18O2SSi/c1-5-6-7(2)11(10,8-3)9-4/h7,10H,5-6H2,1-4H3. The summed E-state index contributed by atoms with van der Waals surface area (Å²) in [6.07, 6.45) is 2.28. The zero-order chi connectivity index (χ0) is 8.91. The van der Waals surface area contributed by atoms with Crippen molar-refractivity contribution < 1.29 is 8.85 Å². The highest BCUT2D eigenvalue weighted by atomic mass is 32.3. The van der Waals surface area contributed by atoms with Gasteiger partial charge >= 0.3 is 7.71 Å². The van der Waals surface area contributed by atoms with Crippen molar-refractivity contribution in [2.24, 2.45) is 0 Å². The predicted molar refractivity (Wildman–Crippen MR) is 53.1 cm³/mol. The van der Waals surface area contributed by atoms with Crippen LogP contribution in [0.3, 0.4) is 0 Å². The van der Waals surface area contributed by atoms with Gasteiger partial charge in [0.1, 0.15) is 0 Å². The molecule has 0 heterocycles. The van der Waals surface area contributed by atoms with Crippen LogP contribution >= 0.6 is 12.1 Å². The van der Waals surface area contributed by atoms with Crippen LogP contribution in [-0.4, -0.2) is 21.9 Å². The molecule has 0 spiro atoms. The Hall–Kier alpha value is 0.487. The van der Waals surface area contributed by atoms with E-state index in [0.717, 1.165) is 12.8 Å². The van der Waals surface area contributed by atoms with E-state index in [1.807, 2.05) is 0 Å². The molecule has 0 aromatic carbocycles. The van der Waals surface area contributed by atoms with Crippen LogP contribution in [0, 0.1) is 0 Å². The van der Waals surface area contributed by atoms with Crippen molar-refractivity contribution in [2.45, 2.75) is 32.2 Å². The van der Waals surface area contributed by atoms with E-state index in [4.69, 9.17) is 8.85 Å². The normalized spacial score (nSPS) is 15.0. The van der Waals surface area contributed by atoms with Crippen molar-refractivity contribution in [3.63, 3.8) is 0 Å². The summed E-state index contributed by atoms with van der Waals surface area (Å²) in [5, 5.41) is 0. The molecule has 0 aromatic rings. The van der Waals surface area contributed by atoms with Crippen LogP contribution < -0.4 is 0 Å². The molecule has 0 aliphatic carbocycles. The van der Waals surface area contributed by atoms with Gasteiger partial charge in [-0.3, -0.25) is 0 Å². The van der Waals surface area contributed by atoms with Crippen molar-refractivity contribution in [2.75, 3.05) is 14.2 Å². The maximum Gasteiger partial charge on any atom is 0.405 e. The van der Waals surface area contributed by atoms with Crippen LogP contribution in [0.15, 0.2) is 0 Å². The molecule has 0 aromatic heterocycles. The Morgan fingerprint density at radius 2 is 1.82 bits per heavy atom. The molecule has 1 unspecified atom stereocenters. The van der Waals surface area contributed by atoms with Crippen molar-refractivity contribution in [1.82, 2.24) is 0 Å². The van der Waals surface area contributed by atoms with Crippen molar-refractivity contribution in [3.05, 3.63) is 0 Å². The molecule has 0 N–H and O–H groups in total. The third kappa shape index (κ3) is 3.15. The molecule has 0 rings (SSSR count). The van der Waals surface area contributed by atoms with Gasteiger partial charge in [-0.05, 0) is 6.42 Å². The second kappa shape index (κ2) is 5.19. The lowest BCUT2D eigenvalue weighted by atomic mass is 10.3. The minimum atomic E-state index is -2.13. The first-order valence-corrected chi connectivity index (χ1v) is 7.11. The second-order valence-corrected chi connectivity index (χ2v) is 7.66. The summed E-state index contributed by atoms with van der Waals surface area (Å²) in [7, 11) is 1.22. The number of hydrogen-bond acceptors (Lipinski definition) is 3. The SMILES string of the molecule is CCCC(C)[Si](S)(OC)OC. The minimum absolute atomic E-state index is 0.450. The van der Waals surface area contributed by atoms with Gasteiger partial charge in [0.2, 0.25) is 0 Å². The van der Waals surface area contributed by atoms with E-state index in [2.05, 4.69) is 25.9 Å². The van der Waals surface area contributed by atoms with E-state index >= 15 is 0 Å². The van der Waals surface area contributed by atoms with Gasteiger partial charge in [-0.25, -0.2) is 0 Å². The van der Waals surface area contributed by atoms with Gasteiger partial charge in [0.25, 0.3) is 0 Å². The smallest absolute Gasteiger partial charge is 0.390 e. The quantitative estimate of drug-likeness (QED) is 0.535. The molecule has 0 saturated heterocycles. The first-order valence-electron chi connectivity index (χ1n) is 3.93. The lowest BCUT2D eigenvalue weighted by molar-refractivity contribution is 0.255. The van der Waals surface area contributed by atoms with Gasteiger partial charge in [0, 0.05) is 19.8 Å². The van der Waals surface area contributed by atoms with Crippen molar-refractivity contribution in [1.29, 1.82) is 0 Å². The number of thiol groups is 1. The molecule has 11 heavy (non-hydrogen) atoms. The largest absolute Gasteiger partial charge is 0.405 e. The van der Waals surface area contributed by atoms with E-state index in [1.165, 1.54) is 0 Å². The van der Waals surface area contributed by atoms with Gasteiger partial charge in [0.15, 0.2) is 0 Å². The minimum Gasteiger partial charge on any atom is -0.390 e. The molecule has 0 amide bonds. The first kappa shape index (κ1) is 11.5. The molecule has 4 heteroatoms. The molecule has 68 valence electrons. The van der Waals surface area contributed by atoms with E-state index in [-0.39, 0.29) is 0 Å². The van der Waals surface area contributed by atoms with E-state index in [9.17, 15) is 0 Å². The fourth-order valence-corrected chi connectivity index (χ4v) is 3.11.